The number of aromatic nitrogens is 2. The summed E-state index contributed by atoms with van der Waals surface area (Å²) >= 11 is 0. The Morgan fingerprint density at radius 1 is 1.03 bits per heavy atom. The van der Waals surface area contributed by atoms with Crippen molar-refractivity contribution < 1.29 is 9.53 Å². The van der Waals surface area contributed by atoms with Crippen molar-refractivity contribution in [1.82, 2.24) is 9.97 Å². The van der Waals surface area contributed by atoms with E-state index < -0.39 is 0 Å². The number of hydrogen-bond acceptors (Lipinski definition) is 7. The van der Waals surface area contributed by atoms with Crippen molar-refractivity contribution >= 4 is 29.0 Å². The SMILES string of the molecule is Cc1cc(Nc2ccc(NC(=O)c3ccc(C#N)cc3)cc2)nc(N2CCOCC2)n1. The maximum Gasteiger partial charge on any atom is 0.255 e. The van der Waals surface area contributed by atoms with Gasteiger partial charge in [-0.25, -0.2) is 4.98 Å². The Balaban J connectivity index is 1.42. The Labute approximate surface area is 180 Å². The molecule has 0 bridgehead atoms. The Morgan fingerprint density at radius 3 is 2.39 bits per heavy atom. The predicted molar refractivity (Wildman–Crippen MR) is 119 cm³/mol. The number of nitrogens with zero attached hydrogens (tertiary/aromatic N) is 4. The van der Waals surface area contributed by atoms with E-state index in [0.717, 1.165) is 24.5 Å². The number of anilines is 4. The van der Waals surface area contributed by atoms with Gasteiger partial charge in [0, 0.05) is 41.8 Å². The Kier molecular flexibility index (Phi) is 6.05. The lowest BCUT2D eigenvalue weighted by atomic mass is 10.1. The summed E-state index contributed by atoms with van der Waals surface area (Å²) in [6, 6.07) is 17.8. The standard InChI is InChI=1S/C23H22N6O2/c1-16-14-21(28-23(25-16)29-10-12-31-13-11-29)26-19-6-8-20(9-7-19)27-22(30)18-4-2-17(15-24)3-5-18/h2-9,14H,10-13H2,1H3,(H,27,30)(H,25,26,28). The van der Waals surface area contributed by atoms with Gasteiger partial charge in [-0.1, -0.05) is 0 Å². The molecule has 0 spiro atoms. The number of amides is 1. The van der Waals surface area contributed by atoms with Crippen LogP contribution in [0.3, 0.4) is 0 Å². The third-order valence-electron chi connectivity index (χ3n) is 4.83. The van der Waals surface area contributed by atoms with Crippen LogP contribution in [-0.2, 0) is 4.74 Å². The summed E-state index contributed by atoms with van der Waals surface area (Å²) in [6.45, 7) is 4.84. The number of benzene rings is 2. The summed E-state index contributed by atoms with van der Waals surface area (Å²) in [6.07, 6.45) is 0. The number of ether oxygens (including phenoxy) is 1. The van der Waals surface area contributed by atoms with Gasteiger partial charge in [0.2, 0.25) is 5.95 Å². The van der Waals surface area contributed by atoms with Gasteiger partial charge in [0.05, 0.1) is 24.8 Å². The van der Waals surface area contributed by atoms with Crippen molar-refractivity contribution in [3.05, 3.63) is 71.4 Å². The Morgan fingerprint density at radius 2 is 1.71 bits per heavy atom. The van der Waals surface area contributed by atoms with Gasteiger partial charge in [0.15, 0.2) is 0 Å². The van der Waals surface area contributed by atoms with Gasteiger partial charge in [0.25, 0.3) is 5.91 Å². The predicted octanol–water partition coefficient (Wildman–Crippen LogP) is 3.49. The van der Waals surface area contributed by atoms with Crippen molar-refractivity contribution in [1.29, 1.82) is 5.26 Å². The first-order valence-electron chi connectivity index (χ1n) is 9.98. The summed E-state index contributed by atoms with van der Waals surface area (Å²) in [5.74, 6) is 1.17. The van der Waals surface area contributed by atoms with E-state index in [1.165, 1.54) is 0 Å². The molecule has 1 fully saturated rings. The van der Waals surface area contributed by atoms with E-state index in [0.29, 0.717) is 41.8 Å². The summed E-state index contributed by atoms with van der Waals surface area (Å²) in [4.78, 5) is 23.7. The molecular weight excluding hydrogens is 392 g/mol. The zero-order chi connectivity index (χ0) is 21.6. The van der Waals surface area contributed by atoms with Gasteiger partial charge in [-0.15, -0.1) is 0 Å². The fourth-order valence-electron chi connectivity index (χ4n) is 3.21. The molecular formula is C23H22N6O2. The molecule has 156 valence electrons. The van der Waals surface area contributed by atoms with Gasteiger partial charge >= 0.3 is 0 Å². The smallest absolute Gasteiger partial charge is 0.255 e. The van der Waals surface area contributed by atoms with Crippen LogP contribution in [0.2, 0.25) is 0 Å². The molecule has 1 aliphatic rings. The van der Waals surface area contributed by atoms with Gasteiger partial charge in [-0.3, -0.25) is 4.79 Å². The van der Waals surface area contributed by atoms with Gasteiger partial charge < -0.3 is 20.3 Å². The van der Waals surface area contributed by atoms with Gasteiger partial charge in [-0.05, 0) is 55.5 Å². The molecule has 0 aliphatic carbocycles. The number of nitrogens with one attached hydrogen (secondary N) is 2. The van der Waals surface area contributed by atoms with E-state index in [1.54, 1.807) is 24.3 Å². The molecule has 4 rings (SSSR count). The van der Waals surface area contributed by atoms with E-state index in [2.05, 4.69) is 25.5 Å². The minimum Gasteiger partial charge on any atom is -0.378 e. The molecule has 0 unspecified atom stereocenters. The molecule has 31 heavy (non-hydrogen) atoms. The summed E-state index contributed by atoms with van der Waals surface area (Å²) < 4.78 is 5.40. The van der Waals surface area contributed by atoms with Crippen LogP contribution in [0.5, 0.6) is 0 Å². The molecule has 0 radical (unpaired) electrons. The molecule has 1 aromatic heterocycles. The van der Waals surface area contributed by atoms with E-state index in [1.807, 2.05) is 43.3 Å². The monoisotopic (exact) mass is 414 g/mol. The molecule has 8 nitrogen and oxygen atoms in total. The number of rotatable bonds is 5. The molecule has 1 saturated heterocycles. The molecule has 8 heteroatoms. The Hall–Kier alpha value is -3.96. The van der Waals surface area contributed by atoms with Crippen molar-refractivity contribution in [2.75, 3.05) is 41.8 Å². The lowest BCUT2D eigenvalue weighted by Crippen LogP contribution is -2.37. The highest BCUT2D eigenvalue weighted by Gasteiger charge is 2.15. The molecule has 1 amide bonds. The molecule has 3 aromatic rings. The van der Waals surface area contributed by atoms with Crippen LogP contribution in [0.25, 0.3) is 0 Å². The van der Waals surface area contributed by atoms with Crippen molar-refractivity contribution in [3.8, 4) is 6.07 Å². The molecule has 1 aliphatic heterocycles. The molecule has 2 heterocycles. The van der Waals surface area contributed by atoms with Crippen LogP contribution in [0.4, 0.5) is 23.1 Å². The first-order chi connectivity index (χ1) is 15.1. The zero-order valence-electron chi connectivity index (χ0n) is 17.1. The van der Waals surface area contributed by atoms with E-state index in [4.69, 9.17) is 10.00 Å². The highest BCUT2D eigenvalue weighted by molar-refractivity contribution is 6.04. The normalized spacial score (nSPS) is 13.4. The average Bonchev–Trinajstić information content (AvgIpc) is 2.80. The second kappa shape index (κ2) is 9.24. The lowest BCUT2D eigenvalue weighted by molar-refractivity contribution is 0.102. The summed E-state index contributed by atoms with van der Waals surface area (Å²) in [5, 5.41) is 15.0. The molecule has 2 N–H and O–H groups in total. The number of aryl methyl sites for hydroxylation is 1. The van der Waals surface area contributed by atoms with Crippen molar-refractivity contribution in [2.45, 2.75) is 6.92 Å². The van der Waals surface area contributed by atoms with E-state index >= 15 is 0 Å². The van der Waals surface area contributed by atoms with Gasteiger partial charge in [-0.2, -0.15) is 10.2 Å². The zero-order valence-corrected chi connectivity index (χ0v) is 17.1. The van der Waals surface area contributed by atoms with Crippen LogP contribution in [0.15, 0.2) is 54.6 Å². The Bertz CT molecular complexity index is 1100. The fourth-order valence-corrected chi connectivity index (χ4v) is 3.21. The second-order valence-corrected chi connectivity index (χ2v) is 7.14. The van der Waals surface area contributed by atoms with Crippen LogP contribution in [0, 0.1) is 18.3 Å². The number of hydrogen-bond donors (Lipinski definition) is 2. The first-order valence-corrected chi connectivity index (χ1v) is 9.98. The van der Waals surface area contributed by atoms with Crippen LogP contribution in [-0.4, -0.2) is 42.2 Å². The van der Waals surface area contributed by atoms with E-state index in [9.17, 15) is 4.79 Å². The highest BCUT2D eigenvalue weighted by atomic mass is 16.5. The number of carbonyl (C=O) groups excluding carboxylic acids is 1. The topological polar surface area (TPSA) is 103 Å². The second-order valence-electron chi connectivity index (χ2n) is 7.14. The molecule has 2 aromatic carbocycles. The average molecular weight is 414 g/mol. The molecule has 0 atom stereocenters. The highest BCUT2D eigenvalue weighted by Crippen LogP contribution is 2.21. The number of morpholine rings is 1. The number of nitriles is 1. The summed E-state index contributed by atoms with van der Waals surface area (Å²) in [7, 11) is 0. The minimum atomic E-state index is -0.230. The van der Waals surface area contributed by atoms with Crippen molar-refractivity contribution in [3.63, 3.8) is 0 Å². The first kappa shape index (κ1) is 20.3. The molecule has 0 saturated carbocycles. The van der Waals surface area contributed by atoms with Crippen molar-refractivity contribution in [2.24, 2.45) is 0 Å². The third kappa shape index (κ3) is 5.15. The maximum atomic E-state index is 12.4. The fraction of sp³-hybridized carbons (Fsp3) is 0.217. The van der Waals surface area contributed by atoms with Crippen LogP contribution < -0.4 is 15.5 Å². The van der Waals surface area contributed by atoms with E-state index in [-0.39, 0.29) is 5.91 Å². The summed E-state index contributed by atoms with van der Waals surface area (Å²) in [5.41, 5.74) is 3.41. The maximum absolute atomic E-state index is 12.4. The lowest BCUT2D eigenvalue weighted by Gasteiger charge is -2.27. The third-order valence-corrected chi connectivity index (χ3v) is 4.83. The van der Waals surface area contributed by atoms with Gasteiger partial charge in [0.1, 0.15) is 5.82 Å². The largest absolute Gasteiger partial charge is 0.378 e. The number of carbonyl (C=O) groups is 1. The van der Waals surface area contributed by atoms with Crippen LogP contribution >= 0.6 is 0 Å². The quantitative estimate of drug-likeness (QED) is 0.659. The van der Waals surface area contributed by atoms with Crippen LogP contribution in [0.1, 0.15) is 21.6 Å². The minimum absolute atomic E-state index is 0.230.